The zero-order valence-corrected chi connectivity index (χ0v) is 17.1. The lowest BCUT2D eigenvalue weighted by Crippen LogP contribution is -2.44. The molecule has 132 valence electrons. The minimum Gasteiger partial charge on any atom is -0.356 e. The maximum Gasteiger partial charge on any atom is 0.219 e. The molecule has 1 amide bonds. The van der Waals surface area contributed by atoms with Crippen molar-refractivity contribution in [3.05, 3.63) is 0 Å². The van der Waals surface area contributed by atoms with Gasteiger partial charge in [-0.3, -0.25) is 14.1 Å². The summed E-state index contributed by atoms with van der Waals surface area (Å²) in [6, 6.07) is 2.03. The quantitative estimate of drug-likeness (QED) is 0.613. The molecule has 0 radical (unpaired) electrons. The van der Waals surface area contributed by atoms with Crippen LogP contribution in [0.5, 0.6) is 0 Å². The Balaban J connectivity index is 5.22. The van der Waals surface area contributed by atoms with E-state index in [4.69, 9.17) is 0 Å². The van der Waals surface area contributed by atoms with Crippen molar-refractivity contribution in [2.45, 2.75) is 92.9 Å². The van der Waals surface area contributed by atoms with Crippen molar-refractivity contribution in [3.8, 4) is 0 Å². The fraction of sp³-hybridized carbons (Fsp3) is 0.941. The van der Waals surface area contributed by atoms with Crippen LogP contribution in [-0.4, -0.2) is 52.1 Å². The maximum atomic E-state index is 11.5. The lowest BCUT2D eigenvalue weighted by Gasteiger charge is -2.47. The van der Waals surface area contributed by atoms with Crippen LogP contribution in [0.25, 0.3) is 0 Å². The number of carbonyl (C=O) groups excluding carboxylic acids is 1. The van der Waals surface area contributed by atoms with Gasteiger partial charge in [0.1, 0.15) is 0 Å². The predicted molar refractivity (Wildman–Crippen MR) is 99.3 cm³/mol. The van der Waals surface area contributed by atoms with Crippen LogP contribution in [0.3, 0.4) is 0 Å². The van der Waals surface area contributed by atoms with Gasteiger partial charge in [-0.25, -0.2) is 0 Å². The van der Waals surface area contributed by atoms with Gasteiger partial charge in [0.25, 0.3) is 0 Å². The van der Waals surface area contributed by atoms with Crippen molar-refractivity contribution < 1.29 is 4.79 Å². The number of nitrogens with zero attached hydrogens (tertiary/aromatic N) is 2. The maximum absolute atomic E-state index is 11.5. The molecule has 0 fully saturated rings. The summed E-state index contributed by atoms with van der Waals surface area (Å²) in [4.78, 5) is 11.5. The number of rotatable bonds is 10. The van der Waals surface area contributed by atoms with E-state index in [1.807, 2.05) is 6.92 Å². The van der Waals surface area contributed by atoms with E-state index in [1.165, 1.54) is 0 Å². The summed E-state index contributed by atoms with van der Waals surface area (Å²) in [5.41, 5.74) is 0. The fourth-order valence-electron chi connectivity index (χ4n) is 3.03. The van der Waals surface area contributed by atoms with E-state index in [9.17, 15) is 4.79 Å². The molecule has 22 heavy (non-hydrogen) atoms. The zero-order chi connectivity index (χ0) is 17.4. The molecule has 0 aromatic heterocycles. The van der Waals surface area contributed by atoms with Crippen molar-refractivity contribution in [2.24, 2.45) is 0 Å². The molecule has 0 rings (SSSR count). The second-order valence-electron chi connectivity index (χ2n) is 6.93. The highest BCUT2D eigenvalue weighted by atomic mass is 31.1. The van der Waals surface area contributed by atoms with Gasteiger partial charge < -0.3 is 5.32 Å². The first-order chi connectivity index (χ1) is 10.1. The van der Waals surface area contributed by atoms with E-state index < -0.39 is 8.22 Å². The van der Waals surface area contributed by atoms with E-state index in [2.05, 4.69) is 70.0 Å². The Kier molecular flexibility index (Phi) is 10.5. The summed E-state index contributed by atoms with van der Waals surface area (Å²) in [5.74, 6) is 0.149. The van der Waals surface area contributed by atoms with Gasteiger partial charge in [0, 0.05) is 51.5 Å². The van der Waals surface area contributed by atoms with E-state index in [1.54, 1.807) is 0 Å². The summed E-state index contributed by atoms with van der Waals surface area (Å²) in [6.45, 7) is 20.9. The zero-order valence-electron chi connectivity index (χ0n) is 16.2. The Bertz CT molecular complexity index is 283. The minimum absolute atomic E-state index is 0.149. The summed E-state index contributed by atoms with van der Waals surface area (Å²) >= 11 is 0. The van der Waals surface area contributed by atoms with Crippen LogP contribution < -0.4 is 5.32 Å². The van der Waals surface area contributed by atoms with E-state index in [0.717, 1.165) is 12.7 Å². The van der Waals surface area contributed by atoms with Gasteiger partial charge in [-0.05, 0) is 55.4 Å². The predicted octanol–water partition coefficient (Wildman–Crippen LogP) is 4.06. The minimum atomic E-state index is -0.429. The van der Waals surface area contributed by atoms with Gasteiger partial charge in [0.05, 0.1) is 0 Å². The molecule has 4 nitrogen and oxygen atoms in total. The van der Waals surface area contributed by atoms with Crippen LogP contribution in [-0.2, 0) is 4.79 Å². The lowest BCUT2D eigenvalue weighted by molar-refractivity contribution is -0.120. The average molecular weight is 331 g/mol. The molecule has 0 aliphatic heterocycles. The monoisotopic (exact) mass is 331 g/mol. The van der Waals surface area contributed by atoms with Crippen molar-refractivity contribution in [2.75, 3.05) is 12.7 Å². The van der Waals surface area contributed by atoms with Gasteiger partial charge >= 0.3 is 0 Å². The molecule has 0 unspecified atom stereocenters. The normalized spacial score (nSPS) is 12.7. The Morgan fingerprint density at radius 2 is 1.23 bits per heavy atom. The topological polar surface area (TPSA) is 35.6 Å². The van der Waals surface area contributed by atoms with Crippen molar-refractivity contribution >= 4 is 14.1 Å². The van der Waals surface area contributed by atoms with Crippen LogP contribution in [0.1, 0.15) is 68.7 Å². The second kappa shape index (κ2) is 10.6. The van der Waals surface area contributed by atoms with Crippen molar-refractivity contribution in [3.63, 3.8) is 0 Å². The Morgan fingerprint density at radius 1 is 0.864 bits per heavy atom. The van der Waals surface area contributed by atoms with Gasteiger partial charge in [0.2, 0.25) is 5.91 Å². The van der Waals surface area contributed by atoms with Gasteiger partial charge in [-0.2, -0.15) is 0 Å². The molecule has 1 N–H and O–H groups in total. The fourth-order valence-corrected chi connectivity index (χ4v) is 6.17. The summed E-state index contributed by atoms with van der Waals surface area (Å²) in [5, 5.41) is 3.05. The lowest BCUT2D eigenvalue weighted by atomic mass is 10.3. The highest BCUT2D eigenvalue weighted by Crippen LogP contribution is 2.49. The highest BCUT2D eigenvalue weighted by Gasteiger charge is 2.32. The molecule has 0 aliphatic carbocycles. The van der Waals surface area contributed by atoms with Crippen molar-refractivity contribution in [1.82, 2.24) is 14.7 Å². The third-order valence-corrected chi connectivity index (χ3v) is 7.14. The van der Waals surface area contributed by atoms with E-state index in [0.29, 0.717) is 30.6 Å². The summed E-state index contributed by atoms with van der Waals surface area (Å²) in [7, 11) is -0.429. The number of hydrogen-bond acceptors (Lipinski definition) is 3. The first-order valence-corrected chi connectivity index (χ1v) is 10.2. The molecule has 0 saturated carbocycles. The molecule has 0 aromatic carbocycles. The Morgan fingerprint density at radius 3 is 1.50 bits per heavy atom. The summed E-state index contributed by atoms with van der Waals surface area (Å²) in [6.07, 6.45) is 1.59. The molecule has 0 aliphatic rings. The summed E-state index contributed by atoms with van der Waals surface area (Å²) < 4.78 is 5.26. The Labute approximate surface area is 139 Å². The molecular weight excluding hydrogens is 293 g/mol. The molecule has 0 atom stereocenters. The largest absolute Gasteiger partial charge is 0.356 e. The smallest absolute Gasteiger partial charge is 0.219 e. The third-order valence-electron chi connectivity index (χ3n) is 3.60. The van der Waals surface area contributed by atoms with Gasteiger partial charge in [-0.1, -0.05) is 6.92 Å². The number of carbonyl (C=O) groups is 1. The molecule has 5 heteroatoms. The standard InChI is InChI=1S/C17H38N3OP/c1-10-17(21)18-11-12-22(19(13(2)3)14(4)5)20(15(6)7)16(8)9/h13-16H,10-12H2,1-9H3,(H,18,21). The number of nitrogens with one attached hydrogen (secondary N) is 1. The average Bonchev–Trinajstić information content (AvgIpc) is 2.36. The molecule has 0 aromatic rings. The van der Waals surface area contributed by atoms with Crippen LogP contribution in [0.2, 0.25) is 0 Å². The van der Waals surface area contributed by atoms with E-state index in [-0.39, 0.29) is 5.91 Å². The molecule has 0 heterocycles. The molecule has 0 saturated heterocycles. The third kappa shape index (κ3) is 6.93. The molecule has 0 spiro atoms. The van der Waals surface area contributed by atoms with Crippen LogP contribution in [0, 0.1) is 0 Å². The SMILES string of the molecule is CCC(=O)NCCP(N(C(C)C)C(C)C)N(C(C)C)C(C)C. The first kappa shape index (κ1) is 21.8. The second-order valence-corrected chi connectivity index (χ2v) is 9.05. The first-order valence-electron chi connectivity index (χ1n) is 8.74. The van der Waals surface area contributed by atoms with Crippen LogP contribution >= 0.6 is 8.22 Å². The number of amides is 1. The van der Waals surface area contributed by atoms with Crippen LogP contribution in [0.15, 0.2) is 0 Å². The van der Waals surface area contributed by atoms with Gasteiger partial charge in [0.15, 0.2) is 0 Å². The highest BCUT2D eigenvalue weighted by molar-refractivity contribution is 7.52. The Hall–Kier alpha value is -0.180. The van der Waals surface area contributed by atoms with Gasteiger partial charge in [-0.15, -0.1) is 0 Å². The van der Waals surface area contributed by atoms with Crippen molar-refractivity contribution in [1.29, 1.82) is 0 Å². The molecule has 0 bridgehead atoms. The number of hydrogen-bond donors (Lipinski definition) is 1. The molecular formula is C17H38N3OP. The van der Waals surface area contributed by atoms with Crippen LogP contribution in [0.4, 0.5) is 0 Å². The van der Waals surface area contributed by atoms with E-state index >= 15 is 0 Å².